The fraction of sp³-hybridized carbons (Fsp3) is 0.700. The van der Waals surface area contributed by atoms with Crippen LogP contribution in [0.5, 0.6) is 0 Å². The first-order valence-corrected chi connectivity index (χ1v) is 4.16. The van der Waals surface area contributed by atoms with E-state index in [2.05, 4.69) is 33.8 Å². The highest BCUT2D eigenvalue weighted by Crippen LogP contribution is 2.15. The molecule has 0 fully saturated rings. The van der Waals surface area contributed by atoms with Gasteiger partial charge in [0.25, 0.3) is 0 Å². The van der Waals surface area contributed by atoms with Crippen molar-refractivity contribution in [3.05, 3.63) is 19.1 Å². The van der Waals surface area contributed by atoms with Crippen LogP contribution >= 0.6 is 0 Å². The minimum atomic E-state index is 0.701. The molecule has 10 heavy (non-hydrogen) atoms. The highest BCUT2D eigenvalue weighted by Gasteiger charge is 2.02. The minimum Gasteiger partial charge on any atom is -0.0880 e. The highest BCUT2D eigenvalue weighted by molar-refractivity contribution is 4.88. The minimum absolute atomic E-state index is 0.701. The van der Waals surface area contributed by atoms with Crippen LogP contribution in [0, 0.1) is 18.8 Å². The molecule has 0 aromatic carbocycles. The van der Waals surface area contributed by atoms with Crippen molar-refractivity contribution in [1.82, 2.24) is 0 Å². The summed E-state index contributed by atoms with van der Waals surface area (Å²) in [7, 11) is 0. The molecule has 0 spiro atoms. The smallest absolute Gasteiger partial charge is 0.0259 e. The number of hydrogen-bond donors (Lipinski definition) is 0. The summed E-state index contributed by atoms with van der Waals surface area (Å²) in [4.78, 5) is 0. The standard InChI is InChI=1S/C10H19/c1-5-7-10(4)8-9(3)6-2/h5,7,9-10H,1,6,8H2,2-4H3. The number of hydrogen-bond acceptors (Lipinski definition) is 0. The molecule has 0 bridgehead atoms. The Bertz CT molecular complexity index is 92.2. The van der Waals surface area contributed by atoms with E-state index in [-0.39, 0.29) is 0 Å². The Morgan fingerprint density at radius 1 is 1.40 bits per heavy atom. The van der Waals surface area contributed by atoms with Gasteiger partial charge in [-0.25, -0.2) is 0 Å². The molecule has 0 aliphatic rings. The molecule has 0 heteroatoms. The molecule has 0 aromatic heterocycles. The molecule has 0 N–H and O–H groups in total. The Hall–Kier alpha value is -0.260. The highest BCUT2D eigenvalue weighted by atomic mass is 14.1. The molecule has 0 amide bonds. The lowest BCUT2D eigenvalue weighted by molar-refractivity contribution is 0.455. The van der Waals surface area contributed by atoms with Crippen molar-refractivity contribution in [2.45, 2.75) is 33.6 Å². The first-order valence-electron chi connectivity index (χ1n) is 4.16. The van der Waals surface area contributed by atoms with Crippen LogP contribution in [-0.4, -0.2) is 0 Å². The lowest BCUT2D eigenvalue weighted by Crippen LogP contribution is -1.98. The van der Waals surface area contributed by atoms with E-state index in [1.165, 1.54) is 12.8 Å². The maximum atomic E-state index is 3.68. The molecule has 0 aliphatic carbocycles. The molecule has 0 saturated carbocycles. The molecule has 0 rings (SSSR count). The SMILES string of the molecule is [CH2]C=CC(C)CC(C)CC. The summed E-state index contributed by atoms with van der Waals surface area (Å²) < 4.78 is 0. The van der Waals surface area contributed by atoms with Crippen LogP contribution in [0.2, 0.25) is 0 Å². The van der Waals surface area contributed by atoms with E-state index < -0.39 is 0 Å². The van der Waals surface area contributed by atoms with Crippen molar-refractivity contribution in [1.29, 1.82) is 0 Å². The van der Waals surface area contributed by atoms with Crippen LogP contribution in [-0.2, 0) is 0 Å². The van der Waals surface area contributed by atoms with E-state index in [0.717, 1.165) is 5.92 Å². The quantitative estimate of drug-likeness (QED) is 0.559. The summed E-state index contributed by atoms with van der Waals surface area (Å²) in [5, 5.41) is 0. The second-order valence-corrected chi connectivity index (χ2v) is 3.15. The van der Waals surface area contributed by atoms with Crippen molar-refractivity contribution in [2.24, 2.45) is 11.8 Å². The fourth-order valence-electron chi connectivity index (χ4n) is 1.11. The Kier molecular flexibility index (Phi) is 5.38. The average molecular weight is 139 g/mol. The van der Waals surface area contributed by atoms with Gasteiger partial charge < -0.3 is 0 Å². The van der Waals surface area contributed by atoms with E-state index >= 15 is 0 Å². The van der Waals surface area contributed by atoms with E-state index in [1.54, 1.807) is 0 Å². The topological polar surface area (TPSA) is 0 Å². The van der Waals surface area contributed by atoms with Gasteiger partial charge in [-0.05, 0) is 25.2 Å². The maximum absolute atomic E-state index is 3.68. The second-order valence-electron chi connectivity index (χ2n) is 3.15. The Morgan fingerprint density at radius 2 is 2.00 bits per heavy atom. The van der Waals surface area contributed by atoms with Crippen LogP contribution in [0.25, 0.3) is 0 Å². The van der Waals surface area contributed by atoms with Crippen LogP contribution < -0.4 is 0 Å². The van der Waals surface area contributed by atoms with Crippen LogP contribution in [0.1, 0.15) is 33.6 Å². The van der Waals surface area contributed by atoms with E-state index in [4.69, 9.17) is 0 Å². The normalized spacial score (nSPS) is 17.6. The van der Waals surface area contributed by atoms with Gasteiger partial charge in [-0.2, -0.15) is 0 Å². The molecular weight excluding hydrogens is 120 g/mol. The fourth-order valence-corrected chi connectivity index (χ4v) is 1.11. The van der Waals surface area contributed by atoms with Gasteiger partial charge in [0.1, 0.15) is 0 Å². The molecule has 0 saturated heterocycles. The lowest BCUT2D eigenvalue weighted by atomic mass is 9.95. The summed E-state index contributed by atoms with van der Waals surface area (Å²) in [6.45, 7) is 10.5. The third-order valence-corrected chi connectivity index (χ3v) is 1.94. The van der Waals surface area contributed by atoms with Crippen LogP contribution in [0.3, 0.4) is 0 Å². The zero-order chi connectivity index (χ0) is 7.98. The van der Waals surface area contributed by atoms with Gasteiger partial charge >= 0.3 is 0 Å². The summed E-state index contributed by atoms with van der Waals surface area (Å²) in [6, 6.07) is 0. The average Bonchev–Trinajstić information content (AvgIpc) is 1.88. The first-order chi connectivity index (χ1) is 4.70. The molecule has 2 atom stereocenters. The number of allylic oxidation sites excluding steroid dienone is 2. The summed E-state index contributed by atoms with van der Waals surface area (Å²) in [5.41, 5.74) is 0. The van der Waals surface area contributed by atoms with E-state index in [0.29, 0.717) is 5.92 Å². The summed E-state index contributed by atoms with van der Waals surface area (Å²) in [6.07, 6.45) is 6.65. The van der Waals surface area contributed by atoms with E-state index in [9.17, 15) is 0 Å². The van der Waals surface area contributed by atoms with Gasteiger partial charge in [-0.1, -0.05) is 39.3 Å². The van der Waals surface area contributed by atoms with Crippen molar-refractivity contribution in [3.63, 3.8) is 0 Å². The summed E-state index contributed by atoms with van der Waals surface area (Å²) in [5.74, 6) is 1.55. The van der Waals surface area contributed by atoms with Crippen molar-refractivity contribution < 1.29 is 0 Å². The zero-order valence-corrected chi connectivity index (χ0v) is 7.43. The Morgan fingerprint density at radius 3 is 2.40 bits per heavy atom. The first kappa shape index (κ1) is 9.74. The molecule has 0 aromatic rings. The maximum Gasteiger partial charge on any atom is -0.0259 e. The number of rotatable bonds is 4. The van der Waals surface area contributed by atoms with Gasteiger partial charge in [0.2, 0.25) is 0 Å². The molecule has 0 heterocycles. The van der Waals surface area contributed by atoms with Gasteiger partial charge in [-0.15, -0.1) is 0 Å². The predicted octanol–water partition coefficient (Wildman–Crippen LogP) is 3.45. The summed E-state index contributed by atoms with van der Waals surface area (Å²) >= 11 is 0. The lowest BCUT2D eigenvalue weighted by Gasteiger charge is -2.11. The van der Waals surface area contributed by atoms with E-state index in [1.807, 2.05) is 6.08 Å². The largest absolute Gasteiger partial charge is 0.0880 e. The van der Waals surface area contributed by atoms with Crippen LogP contribution in [0.15, 0.2) is 12.2 Å². The van der Waals surface area contributed by atoms with Gasteiger partial charge in [0.15, 0.2) is 0 Å². The predicted molar refractivity (Wildman–Crippen MR) is 47.7 cm³/mol. The van der Waals surface area contributed by atoms with Gasteiger partial charge in [0.05, 0.1) is 0 Å². The third kappa shape index (κ3) is 4.60. The Labute approximate surface area is 65.3 Å². The zero-order valence-electron chi connectivity index (χ0n) is 7.43. The van der Waals surface area contributed by atoms with Gasteiger partial charge in [0, 0.05) is 0 Å². The molecule has 2 unspecified atom stereocenters. The Balaban J connectivity index is 3.46. The molecule has 59 valence electrons. The molecule has 0 nitrogen and oxygen atoms in total. The monoisotopic (exact) mass is 139 g/mol. The molecule has 0 aliphatic heterocycles. The van der Waals surface area contributed by atoms with Crippen molar-refractivity contribution in [3.8, 4) is 0 Å². The third-order valence-electron chi connectivity index (χ3n) is 1.94. The van der Waals surface area contributed by atoms with Crippen molar-refractivity contribution in [2.75, 3.05) is 0 Å². The van der Waals surface area contributed by atoms with Crippen molar-refractivity contribution >= 4 is 0 Å². The molecular formula is C10H19. The van der Waals surface area contributed by atoms with Crippen LogP contribution in [0.4, 0.5) is 0 Å². The molecule has 1 radical (unpaired) electrons. The van der Waals surface area contributed by atoms with Gasteiger partial charge in [-0.3, -0.25) is 0 Å². The second kappa shape index (κ2) is 5.52.